The first-order valence-electron chi connectivity index (χ1n) is 9.34. The average Bonchev–Trinajstić information content (AvgIpc) is 2.77. The Morgan fingerprint density at radius 2 is 1.07 bits per heavy atom. The summed E-state index contributed by atoms with van der Waals surface area (Å²) in [5.41, 5.74) is 0.755. The molecule has 0 saturated carbocycles. The number of ether oxygens (including phenoxy) is 6. The first kappa shape index (κ1) is 18.9. The molecule has 0 fully saturated rings. The Labute approximate surface area is 167 Å². The molecule has 2 aromatic rings. The second kappa shape index (κ2) is 8.72. The maximum absolute atomic E-state index is 12.1. The van der Waals surface area contributed by atoms with Crippen LogP contribution in [0.5, 0.6) is 23.0 Å². The number of fused-ring (bicyclic) bond motifs is 2. The molecule has 0 amide bonds. The number of esters is 2. The second-order valence-electron chi connectivity index (χ2n) is 6.34. The molecule has 0 radical (unpaired) electrons. The zero-order valence-corrected chi connectivity index (χ0v) is 15.7. The van der Waals surface area contributed by atoms with Gasteiger partial charge in [-0.25, -0.2) is 9.59 Å². The van der Waals surface area contributed by atoms with Crippen LogP contribution in [-0.4, -0.2) is 51.6 Å². The summed E-state index contributed by atoms with van der Waals surface area (Å²) in [6.07, 6.45) is 0.382. The molecule has 2 heterocycles. The highest BCUT2D eigenvalue weighted by molar-refractivity contribution is 5.91. The van der Waals surface area contributed by atoms with Crippen LogP contribution in [0.2, 0.25) is 0 Å². The topological polar surface area (TPSA) is 89.5 Å². The molecule has 0 unspecified atom stereocenters. The third-order valence-electron chi connectivity index (χ3n) is 4.31. The quantitative estimate of drug-likeness (QED) is 0.540. The normalized spacial score (nSPS) is 14.1. The number of carbonyl (C=O) groups is 2. The van der Waals surface area contributed by atoms with Crippen molar-refractivity contribution in [3.05, 3.63) is 47.5 Å². The number of rotatable bonds is 6. The van der Waals surface area contributed by atoms with Gasteiger partial charge in [-0.2, -0.15) is 0 Å². The summed E-state index contributed by atoms with van der Waals surface area (Å²) in [6, 6.07) is 9.80. The van der Waals surface area contributed by atoms with Crippen molar-refractivity contribution in [1.29, 1.82) is 0 Å². The van der Waals surface area contributed by atoms with E-state index >= 15 is 0 Å². The summed E-state index contributed by atoms with van der Waals surface area (Å²) in [5.74, 6) is 1.33. The standard InChI is InChI=1S/C21H20O8/c22-20(14-2-4-16-18(12-14)26-10-8-24-16)28-6-1-7-29-21(23)15-3-5-17-19(13-15)27-11-9-25-17/h2-5,12-13H,1,6-11H2. The van der Waals surface area contributed by atoms with Crippen molar-refractivity contribution in [2.24, 2.45) is 0 Å². The summed E-state index contributed by atoms with van der Waals surface area (Å²) in [5, 5.41) is 0. The van der Waals surface area contributed by atoms with Crippen molar-refractivity contribution in [3.8, 4) is 23.0 Å². The fourth-order valence-corrected chi connectivity index (χ4v) is 2.90. The monoisotopic (exact) mass is 400 g/mol. The highest BCUT2D eigenvalue weighted by Crippen LogP contribution is 2.31. The molecule has 2 aliphatic rings. The van der Waals surface area contributed by atoms with Gasteiger partial charge in [0.25, 0.3) is 0 Å². The van der Waals surface area contributed by atoms with Gasteiger partial charge in [-0.05, 0) is 36.4 Å². The van der Waals surface area contributed by atoms with Gasteiger partial charge in [0.2, 0.25) is 0 Å². The highest BCUT2D eigenvalue weighted by Gasteiger charge is 2.17. The lowest BCUT2D eigenvalue weighted by atomic mass is 10.2. The van der Waals surface area contributed by atoms with Crippen molar-refractivity contribution in [1.82, 2.24) is 0 Å². The molecule has 4 rings (SSSR count). The van der Waals surface area contributed by atoms with Gasteiger partial charge in [0.15, 0.2) is 23.0 Å². The van der Waals surface area contributed by atoms with Crippen molar-refractivity contribution in [2.75, 3.05) is 39.6 Å². The Bertz CT molecular complexity index is 834. The van der Waals surface area contributed by atoms with Crippen molar-refractivity contribution < 1.29 is 38.0 Å². The van der Waals surface area contributed by atoms with E-state index in [0.717, 1.165) is 0 Å². The maximum Gasteiger partial charge on any atom is 0.338 e. The summed E-state index contributed by atoms with van der Waals surface area (Å²) in [6.45, 7) is 2.12. The summed E-state index contributed by atoms with van der Waals surface area (Å²) in [4.78, 5) is 24.3. The molecule has 0 aromatic heterocycles. The molecule has 0 spiro atoms. The molecule has 29 heavy (non-hydrogen) atoms. The molecular weight excluding hydrogens is 380 g/mol. The van der Waals surface area contributed by atoms with Crippen LogP contribution < -0.4 is 18.9 Å². The molecule has 2 aliphatic heterocycles. The SMILES string of the molecule is O=C(OCCCOC(=O)c1ccc2c(c1)OCCO2)c1ccc2c(c1)OCCO2. The Morgan fingerprint density at radius 3 is 1.52 bits per heavy atom. The van der Waals surface area contributed by atoms with Gasteiger partial charge in [-0.3, -0.25) is 0 Å². The minimum absolute atomic E-state index is 0.127. The van der Waals surface area contributed by atoms with E-state index in [0.29, 0.717) is 67.0 Å². The van der Waals surface area contributed by atoms with Crippen LogP contribution in [0.15, 0.2) is 36.4 Å². The van der Waals surface area contributed by atoms with Crippen molar-refractivity contribution in [2.45, 2.75) is 6.42 Å². The Hall–Kier alpha value is -3.42. The van der Waals surface area contributed by atoms with Gasteiger partial charge in [0.05, 0.1) is 24.3 Å². The lowest BCUT2D eigenvalue weighted by Gasteiger charge is -2.18. The zero-order chi connectivity index (χ0) is 20.1. The molecule has 0 atom stereocenters. The summed E-state index contributed by atoms with van der Waals surface area (Å²) >= 11 is 0. The van der Waals surface area contributed by atoms with Gasteiger partial charge in [0, 0.05) is 6.42 Å². The second-order valence-corrected chi connectivity index (χ2v) is 6.34. The number of hydrogen-bond acceptors (Lipinski definition) is 8. The van der Waals surface area contributed by atoms with E-state index in [2.05, 4.69) is 0 Å². The van der Waals surface area contributed by atoms with E-state index in [4.69, 9.17) is 28.4 Å². The molecule has 2 aromatic carbocycles. The van der Waals surface area contributed by atoms with Gasteiger partial charge in [0.1, 0.15) is 26.4 Å². The maximum atomic E-state index is 12.1. The van der Waals surface area contributed by atoms with E-state index in [9.17, 15) is 9.59 Å². The van der Waals surface area contributed by atoms with Crippen molar-refractivity contribution in [3.63, 3.8) is 0 Å². The first-order valence-corrected chi connectivity index (χ1v) is 9.34. The van der Waals surface area contributed by atoms with Gasteiger partial charge in [-0.1, -0.05) is 0 Å². The molecule has 8 heteroatoms. The van der Waals surface area contributed by atoms with Crippen LogP contribution in [0.4, 0.5) is 0 Å². The van der Waals surface area contributed by atoms with Crippen LogP contribution in [-0.2, 0) is 9.47 Å². The predicted octanol–water partition coefficient (Wildman–Crippen LogP) is 2.63. The lowest BCUT2D eigenvalue weighted by Crippen LogP contribution is -2.16. The number of hydrogen-bond donors (Lipinski definition) is 0. The molecule has 0 aliphatic carbocycles. The van der Waals surface area contributed by atoms with Gasteiger partial charge < -0.3 is 28.4 Å². The van der Waals surface area contributed by atoms with Crippen LogP contribution in [0, 0.1) is 0 Å². The third kappa shape index (κ3) is 4.53. The fourth-order valence-electron chi connectivity index (χ4n) is 2.90. The van der Waals surface area contributed by atoms with Crippen LogP contribution >= 0.6 is 0 Å². The Morgan fingerprint density at radius 1 is 0.655 bits per heavy atom. The van der Waals surface area contributed by atoms with E-state index in [1.165, 1.54) is 0 Å². The van der Waals surface area contributed by atoms with Gasteiger partial charge in [-0.15, -0.1) is 0 Å². The minimum Gasteiger partial charge on any atom is -0.486 e. The van der Waals surface area contributed by atoms with E-state index < -0.39 is 11.9 Å². The van der Waals surface area contributed by atoms with Crippen LogP contribution in [0.1, 0.15) is 27.1 Å². The smallest absolute Gasteiger partial charge is 0.338 e. The fraction of sp³-hybridized carbons (Fsp3) is 0.333. The Balaban J connectivity index is 1.21. The number of benzene rings is 2. The first-order chi connectivity index (χ1) is 14.2. The molecule has 152 valence electrons. The van der Waals surface area contributed by atoms with E-state index in [-0.39, 0.29) is 13.2 Å². The van der Waals surface area contributed by atoms with Crippen LogP contribution in [0.25, 0.3) is 0 Å². The predicted molar refractivity (Wildman–Crippen MR) is 100 cm³/mol. The van der Waals surface area contributed by atoms with Crippen LogP contribution in [0.3, 0.4) is 0 Å². The lowest BCUT2D eigenvalue weighted by molar-refractivity contribution is 0.0395. The van der Waals surface area contributed by atoms with E-state index in [1.807, 2.05) is 0 Å². The average molecular weight is 400 g/mol. The summed E-state index contributed by atoms with van der Waals surface area (Å²) < 4.78 is 32.2. The Kier molecular flexibility index (Phi) is 5.69. The third-order valence-corrected chi connectivity index (χ3v) is 4.31. The van der Waals surface area contributed by atoms with E-state index in [1.54, 1.807) is 36.4 Å². The van der Waals surface area contributed by atoms with Crippen molar-refractivity contribution >= 4 is 11.9 Å². The minimum atomic E-state index is -0.472. The largest absolute Gasteiger partial charge is 0.486 e. The molecule has 0 bridgehead atoms. The molecule has 0 N–H and O–H groups in total. The van der Waals surface area contributed by atoms with Gasteiger partial charge >= 0.3 is 11.9 Å². The number of carbonyl (C=O) groups excluding carboxylic acids is 2. The molecule has 0 saturated heterocycles. The molecule has 8 nitrogen and oxygen atoms in total. The highest BCUT2D eigenvalue weighted by atomic mass is 16.6. The zero-order valence-electron chi connectivity index (χ0n) is 15.7. The summed E-state index contributed by atoms with van der Waals surface area (Å²) in [7, 11) is 0. The molecular formula is C21H20O8.